The van der Waals surface area contributed by atoms with Crippen LogP contribution in [0.4, 0.5) is 0 Å². The number of aliphatic hydroxyl groups excluding tert-OH is 1. The molecular formula is C13H15N3O4S. The lowest BCUT2D eigenvalue weighted by atomic mass is 10.3. The summed E-state index contributed by atoms with van der Waals surface area (Å²) in [6.07, 6.45) is 2.98. The van der Waals surface area contributed by atoms with Gasteiger partial charge in [0.2, 0.25) is 5.88 Å². The molecule has 0 spiro atoms. The zero-order valence-corrected chi connectivity index (χ0v) is 12.5. The van der Waals surface area contributed by atoms with Gasteiger partial charge < -0.3 is 9.84 Å². The third-order valence-electron chi connectivity index (χ3n) is 2.74. The van der Waals surface area contributed by atoms with Gasteiger partial charge in [0.1, 0.15) is 6.33 Å². The van der Waals surface area contributed by atoms with E-state index in [1.807, 2.05) is 0 Å². The third-order valence-corrected chi connectivity index (χ3v) is 4.33. The van der Waals surface area contributed by atoms with Gasteiger partial charge >= 0.3 is 0 Å². The Kier molecular flexibility index (Phi) is 4.49. The molecule has 0 aliphatic rings. The quantitative estimate of drug-likeness (QED) is 0.880. The molecule has 2 aromatic rings. The SMILES string of the molecule is Cc1cncnc1Oc1ccc(S(=O)(=O)CCO)nc1C. The summed E-state index contributed by atoms with van der Waals surface area (Å²) in [6.45, 7) is 3.00. The highest BCUT2D eigenvalue weighted by molar-refractivity contribution is 7.91. The van der Waals surface area contributed by atoms with E-state index in [1.54, 1.807) is 20.0 Å². The first-order chi connectivity index (χ1) is 9.94. The van der Waals surface area contributed by atoms with Crippen molar-refractivity contribution in [3.8, 4) is 11.6 Å². The van der Waals surface area contributed by atoms with Crippen LogP contribution in [0.1, 0.15) is 11.3 Å². The Morgan fingerprint density at radius 3 is 2.67 bits per heavy atom. The lowest BCUT2D eigenvalue weighted by Gasteiger charge is -2.10. The van der Waals surface area contributed by atoms with Crippen LogP contribution < -0.4 is 4.74 Å². The zero-order chi connectivity index (χ0) is 15.5. The van der Waals surface area contributed by atoms with Crippen LogP contribution in [0.25, 0.3) is 0 Å². The van der Waals surface area contributed by atoms with Crippen LogP contribution in [0.3, 0.4) is 0 Å². The van der Waals surface area contributed by atoms with E-state index in [9.17, 15) is 8.42 Å². The summed E-state index contributed by atoms with van der Waals surface area (Å²) in [6, 6.07) is 2.87. The number of sulfone groups is 1. The van der Waals surface area contributed by atoms with Crippen LogP contribution >= 0.6 is 0 Å². The van der Waals surface area contributed by atoms with Gasteiger partial charge in [-0.25, -0.2) is 23.4 Å². The van der Waals surface area contributed by atoms with Crippen molar-refractivity contribution in [2.45, 2.75) is 18.9 Å². The second-order valence-electron chi connectivity index (χ2n) is 4.39. The van der Waals surface area contributed by atoms with E-state index in [1.165, 1.54) is 18.5 Å². The molecule has 0 atom stereocenters. The van der Waals surface area contributed by atoms with Crippen molar-refractivity contribution in [1.82, 2.24) is 15.0 Å². The first kappa shape index (κ1) is 15.3. The van der Waals surface area contributed by atoms with Gasteiger partial charge in [-0.2, -0.15) is 0 Å². The average molecular weight is 309 g/mol. The summed E-state index contributed by atoms with van der Waals surface area (Å²) in [5, 5.41) is 8.68. The monoisotopic (exact) mass is 309 g/mol. The minimum absolute atomic E-state index is 0.0826. The number of aliphatic hydroxyl groups is 1. The molecule has 0 fully saturated rings. The molecule has 21 heavy (non-hydrogen) atoms. The lowest BCUT2D eigenvalue weighted by Crippen LogP contribution is -2.12. The molecule has 0 bridgehead atoms. The highest BCUT2D eigenvalue weighted by atomic mass is 32.2. The number of hydrogen-bond donors (Lipinski definition) is 1. The highest BCUT2D eigenvalue weighted by Gasteiger charge is 2.17. The maximum absolute atomic E-state index is 11.8. The second-order valence-corrected chi connectivity index (χ2v) is 6.44. The van der Waals surface area contributed by atoms with E-state index in [4.69, 9.17) is 9.84 Å². The Labute approximate surface area is 122 Å². The fraction of sp³-hybridized carbons (Fsp3) is 0.308. The number of rotatable bonds is 5. The summed E-state index contributed by atoms with van der Waals surface area (Å²) in [5.74, 6) is 0.450. The van der Waals surface area contributed by atoms with Crippen molar-refractivity contribution < 1.29 is 18.3 Å². The molecule has 2 rings (SSSR count). The minimum atomic E-state index is -3.57. The van der Waals surface area contributed by atoms with Crippen molar-refractivity contribution in [1.29, 1.82) is 0 Å². The molecule has 0 amide bonds. The van der Waals surface area contributed by atoms with Crippen LogP contribution in [0.5, 0.6) is 11.6 Å². The number of aryl methyl sites for hydroxylation is 2. The summed E-state index contributed by atoms with van der Waals surface area (Å²) >= 11 is 0. The van der Waals surface area contributed by atoms with Gasteiger partial charge in [0.05, 0.1) is 18.1 Å². The summed E-state index contributed by atoms with van der Waals surface area (Å²) < 4.78 is 29.3. The largest absolute Gasteiger partial charge is 0.437 e. The van der Waals surface area contributed by atoms with Gasteiger partial charge in [0.15, 0.2) is 20.6 Å². The summed E-state index contributed by atoms with van der Waals surface area (Å²) in [7, 11) is -3.57. The molecule has 0 unspecified atom stereocenters. The standard InChI is InChI=1S/C13H15N3O4S/c1-9-7-14-8-15-13(9)20-11-3-4-12(16-10(11)2)21(18,19)6-5-17/h3-4,7-8,17H,5-6H2,1-2H3. The maximum atomic E-state index is 11.8. The number of aromatic nitrogens is 3. The van der Waals surface area contributed by atoms with E-state index in [2.05, 4.69) is 15.0 Å². The van der Waals surface area contributed by atoms with Gasteiger partial charge in [-0.3, -0.25) is 0 Å². The van der Waals surface area contributed by atoms with Gasteiger partial charge in [-0.05, 0) is 26.0 Å². The second kappa shape index (κ2) is 6.15. The summed E-state index contributed by atoms with van der Waals surface area (Å²) in [5.41, 5.74) is 1.18. The van der Waals surface area contributed by atoms with Gasteiger partial charge in [0.25, 0.3) is 0 Å². The Balaban J connectivity index is 2.31. The topological polar surface area (TPSA) is 102 Å². The molecular weight excluding hydrogens is 294 g/mol. The van der Waals surface area contributed by atoms with E-state index in [0.717, 1.165) is 5.56 Å². The van der Waals surface area contributed by atoms with Crippen molar-refractivity contribution in [2.75, 3.05) is 12.4 Å². The first-order valence-electron chi connectivity index (χ1n) is 6.20. The van der Waals surface area contributed by atoms with Crippen LogP contribution in [0.2, 0.25) is 0 Å². The van der Waals surface area contributed by atoms with Gasteiger partial charge in [-0.15, -0.1) is 0 Å². The van der Waals surface area contributed by atoms with Gasteiger partial charge in [-0.1, -0.05) is 0 Å². The fourth-order valence-corrected chi connectivity index (χ4v) is 2.63. The molecule has 0 aromatic carbocycles. The molecule has 0 radical (unpaired) electrons. The van der Waals surface area contributed by atoms with Crippen molar-refractivity contribution in [3.63, 3.8) is 0 Å². The molecule has 7 nitrogen and oxygen atoms in total. The normalized spacial score (nSPS) is 11.4. The average Bonchev–Trinajstić information content (AvgIpc) is 2.43. The first-order valence-corrected chi connectivity index (χ1v) is 7.85. The zero-order valence-electron chi connectivity index (χ0n) is 11.6. The van der Waals surface area contributed by atoms with Crippen molar-refractivity contribution >= 4 is 9.84 Å². The van der Waals surface area contributed by atoms with Crippen LogP contribution in [0, 0.1) is 13.8 Å². The van der Waals surface area contributed by atoms with Crippen molar-refractivity contribution in [3.05, 3.63) is 35.9 Å². The summed E-state index contributed by atoms with van der Waals surface area (Å²) in [4.78, 5) is 11.9. The predicted molar refractivity (Wildman–Crippen MR) is 75.0 cm³/mol. The van der Waals surface area contributed by atoms with Crippen LogP contribution in [0.15, 0.2) is 29.7 Å². The lowest BCUT2D eigenvalue weighted by molar-refractivity contribution is 0.319. The predicted octanol–water partition coefficient (Wildman–Crippen LogP) is 1.05. The Morgan fingerprint density at radius 1 is 1.29 bits per heavy atom. The number of ether oxygens (including phenoxy) is 1. The highest BCUT2D eigenvalue weighted by Crippen LogP contribution is 2.25. The molecule has 8 heteroatoms. The molecule has 2 heterocycles. The van der Waals surface area contributed by atoms with Gasteiger partial charge in [0, 0.05) is 11.8 Å². The van der Waals surface area contributed by atoms with E-state index in [0.29, 0.717) is 17.3 Å². The van der Waals surface area contributed by atoms with Crippen LogP contribution in [-0.2, 0) is 9.84 Å². The Bertz CT molecular complexity index is 747. The third kappa shape index (κ3) is 3.53. The maximum Gasteiger partial charge on any atom is 0.225 e. The molecule has 0 saturated carbocycles. The number of hydrogen-bond acceptors (Lipinski definition) is 7. The Morgan fingerprint density at radius 2 is 2.05 bits per heavy atom. The molecule has 2 aromatic heterocycles. The minimum Gasteiger partial charge on any atom is -0.437 e. The number of pyridine rings is 1. The smallest absolute Gasteiger partial charge is 0.225 e. The fourth-order valence-electron chi connectivity index (χ4n) is 1.63. The van der Waals surface area contributed by atoms with Crippen molar-refractivity contribution in [2.24, 2.45) is 0 Å². The van der Waals surface area contributed by atoms with E-state index < -0.39 is 16.4 Å². The molecule has 0 aliphatic heterocycles. The van der Waals surface area contributed by atoms with Crippen LogP contribution in [-0.4, -0.2) is 40.8 Å². The molecule has 112 valence electrons. The molecule has 0 saturated heterocycles. The number of nitrogens with zero attached hydrogens (tertiary/aromatic N) is 3. The molecule has 1 N–H and O–H groups in total. The Hall–Kier alpha value is -2.06. The molecule has 0 aliphatic carbocycles. The van der Waals surface area contributed by atoms with E-state index >= 15 is 0 Å². The van der Waals surface area contributed by atoms with E-state index in [-0.39, 0.29) is 10.8 Å².